The van der Waals surface area contributed by atoms with Crippen molar-refractivity contribution >= 4 is 0 Å². The van der Waals surface area contributed by atoms with Crippen LogP contribution in [-0.4, -0.2) is 19.0 Å². The lowest BCUT2D eigenvalue weighted by molar-refractivity contribution is -0.287. The maximum absolute atomic E-state index is 6.25. The highest BCUT2D eigenvalue weighted by atomic mass is 16.7. The van der Waals surface area contributed by atoms with E-state index in [4.69, 9.17) is 9.47 Å². The summed E-state index contributed by atoms with van der Waals surface area (Å²) in [5, 5.41) is 0. The van der Waals surface area contributed by atoms with Crippen molar-refractivity contribution in [3.05, 3.63) is 12.2 Å². The number of allylic oxidation sites excluding steroid dienone is 2. The van der Waals surface area contributed by atoms with Crippen LogP contribution in [0.15, 0.2) is 12.2 Å². The molecule has 1 aliphatic heterocycles. The maximum Gasteiger partial charge on any atom is 0.161 e. The molecule has 17 heavy (non-hydrogen) atoms. The van der Waals surface area contributed by atoms with Crippen LogP contribution in [0.25, 0.3) is 0 Å². The molecule has 2 rings (SSSR count). The average Bonchev–Trinajstić information content (AvgIpc) is 2.29. The summed E-state index contributed by atoms with van der Waals surface area (Å²) >= 11 is 0. The Kier molecular flexibility index (Phi) is 3.94. The molecule has 1 heterocycles. The van der Waals surface area contributed by atoms with E-state index >= 15 is 0 Å². The van der Waals surface area contributed by atoms with Crippen LogP contribution >= 0.6 is 0 Å². The Morgan fingerprint density at radius 2 is 2.00 bits per heavy atom. The van der Waals surface area contributed by atoms with Crippen molar-refractivity contribution in [2.24, 2.45) is 17.3 Å². The lowest BCUT2D eigenvalue weighted by atomic mass is 9.80. The van der Waals surface area contributed by atoms with Crippen molar-refractivity contribution in [1.82, 2.24) is 0 Å². The summed E-state index contributed by atoms with van der Waals surface area (Å²) in [5.41, 5.74) is 0.134. The zero-order chi connectivity index (χ0) is 12.5. The molecule has 1 aliphatic carbocycles. The quantitative estimate of drug-likeness (QED) is 0.682. The molecular weight excluding hydrogens is 212 g/mol. The van der Waals surface area contributed by atoms with Gasteiger partial charge in [0, 0.05) is 11.3 Å². The van der Waals surface area contributed by atoms with E-state index in [2.05, 4.69) is 39.8 Å². The van der Waals surface area contributed by atoms with Gasteiger partial charge in [0.25, 0.3) is 0 Å². The molecule has 2 nitrogen and oxygen atoms in total. The molecule has 0 aromatic heterocycles. The first-order valence-electron chi connectivity index (χ1n) is 6.93. The molecule has 0 spiro atoms. The van der Waals surface area contributed by atoms with E-state index in [-0.39, 0.29) is 11.7 Å². The van der Waals surface area contributed by atoms with Crippen LogP contribution in [0.5, 0.6) is 0 Å². The van der Waals surface area contributed by atoms with Gasteiger partial charge in [-0.2, -0.15) is 0 Å². The Morgan fingerprint density at radius 3 is 2.59 bits per heavy atom. The van der Waals surface area contributed by atoms with Gasteiger partial charge in [0.05, 0.1) is 12.7 Å². The molecule has 2 aliphatic rings. The van der Waals surface area contributed by atoms with Crippen LogP contribution in [0.4, 0.5) is 0 Å². The third-order valence-corrected chi connectivity index (χ3v) is 3.97. The van der Waals surface area contributed by atoms with Gasteiger partial charge in [-0.25, -0.2) is 0 Å². The molecule has 0 unspecified atom stereocenters. The smallest absolute Gasteiger partial charge is 0.161 e. The second-order valence-corrected chi connectivity index (χ2v) is 6.51. The van der Waals surface area contributed by atoms with E-state index < -0.39 is 0 Å². The third-order valence-electron chi connectivity index (χ3n) is 3.97. The van der Waals surface area contributed by atoms with Crippen molar-refractivity contribution in [2.75, 3.05) is 6.61 Å². The van der Waals surface area contributed by atoms with Gasteiger partial charge in [-0.3, -0.25) is 0 Å². The van der Waals surface area contributed by atoms with Gasteiger partial charge in [0.1, 0.15) is 0 Å². The van der Waals surface area contributed by atoms with Crippen LogP contribution in [0.3, 0.4) is 0 Å². The van der Waals surface area contributed by atoms with Crippen molar-refractivity contribution in [3.63, 3.8) is 0 Å². The summed E-state index contributed by atoms with van der Waals surface area (Å²) < 4.78 is 12.2. The zero-order valence-electron chi connectivity index (χ0n) is 11.6. The summed E-state index contributed by atoms with van der Waals surface area (Å²) in [6.45, 7) is 9.80. The molecule has 0 radical (unpaired) electrons. The molecule has 3 atom stereocenters. The van der Waals surface area contributed by atoms with Crippen LogP contribution in [-0.2, 0) is 9.47 Å². The summed E-state index contributed by atoms with van der Waals surface area (Å²) in [4.78, 5) is 0. The van der Waals surface area contributed by atoms with Gasteiger partial charge >= 0.3 is 0 Å². The highest BCUT2D eigenvalue weighted by Crippen LogP contribution is 2.38. The van der Waals surface area contributed by atoms with Crippen LogP contribution in [0.1, 0.15) is 47.0 Å². The number of hydrogen-bond acceptors (Lipinski definition) is 2. The molecule has 1 fully saturated rings. The monoisotopic (exact) mass is 238 g/mol. The number of rotatable bonds is 2. The average molecular weight is 238 g/mol. The summed E-state index contributed by atoms with van der Waals surface area (Å²) in [5.74, 6) is 1.10. The van der Waals surface area contributed by atoms with Gasteiger partial charge in [-0.1, -0.05) is 39.8 Å². The van der Waals surface area contributed by atoms with Crippen LogP contribution in [0, 0.1) is 17.3 Å². The summed E-state index contributed by atoms with van der Waals surface area (Å²) in [6.07, 6.45) is 8.34. The van der Waals surface area contributed by atoms with Gasteiger partial charge < -0.3 is 9.47 Å². The second-order valence-electron chi connectivity index (χ2n) is 6.51. The van der Waals surface area contributed by atoms with Crippen LogP contribution in [0.2, 0.25) is 0 Å². The summed E-state index contributed by atoms with van der Waals surface area (Å²) in [6, 6.07) is 0. The Morgan fingerprint density at radius 1 is 1.24 bits per heavy atom. The minimum Gasteiger partial charge on any atom is -0.352 e. The van der Waals surface area contributed by atoms with E-state index in [1.54, 1.807) is 0 Å². The summed E-state index contributed by atoms with van der Waals surface area (Å²) in [7, 11) is 0. The minimum absolute atomic E-state index is 0.0142. The molecule has 0 aromatic carbocycles. The Labute approximate surface area is 105 Å². The zero-order valence-corrected chi connectivity index (χ0v) is 11.6. The first-order valence-corrected chi connectivity index (χ1v) is 6.93. The Bertz CT molecular complexity index is 281. The fraction of sp³-hybridized carbons (Fsp3) is 0.867. The lowest BCUT2D eigenvalue weighted by Gasteiger charge is -2.46. The topological polar surface area (TPSA) is 18.5 Å². The van der Waals surface area contributed by atoms with Gasteiger partial charge in [0.15, 0.2) is 6.29 Å². The highest BCUT2D eigenvalue weighted by molar-refractivity contribution is 4.93. The molecule has 2 heteroatoms. The molecule has 1 saturated heterocycles. The van der Waals surface area contributed by atoms with Crippen molar-refractivity contribution in [2.45, 2.75) is 59.4 Å². The molecular formula is C15H26O2. The Hall–Kier alpha value is -0.340. The fourth-order valence-corrected chi connectivity index (χ4v) is 3.12. The second kappa shape index (κ2) is 5.11. The van der Waals surface area contributed by atoms with E-state index in [1.807, 2.05) is 0 Å². The van der Waals surface area contributed by atoms with E-state index in [0.717, 1.165) is 13.0 Å². The van der Waals surface area contributed by atoms with Crippen molar-refractivity contribution in [3.8, 4) is 0 Å². The highest BCUT2D eigenvalue weighted by Gasteiger charge is 2.41. The molecule has 0 aromatic rings. The molecule has 0 N–H and O–H groups in total. The van der Waals surface area contributed by atoms with E-state index in [0.29, 0.717) is 17.9 Å². The van der Waals surface area contributed by atoms with Crippen LogP contribution < -0.4 is 0 Å². The van der Waals surface area contributed by atoms with Gasteiger partial charge in [0.2, 0.25) is 0 Å². The van der Waals surface area contributed by atoms with E-state index in [9.17, 15) is 0 Å². The van der Waals surface area contributed by atoms with E-state index in [1.165, 1.54) is 12.8 Å². The molecule has 98 valence electrons. The van der Waals surface area contributed by atoms with Crippen molar-refractivity contribution in [1.29, 1.82) is 0 Å². The van der Waals surface area contributed by atoms with Gasteiger partial charge in [-0.05, 0) is 25.2 Å². The SMILES string of the molecule is CC(C)[C@H]1O[C@@H]([C@H]2CC=CCC2)OCC1(C)C. The lowest BCUT2D eigenvalue weighted by Crippen LogP contribution is -2.50. The normalized spacial score (nSPS) is 37.4. The predicted molar refractivity (Wildman–Crippen MR) is 69.7 cm³/mol. The molecule has 0 bridgehead atoms. The first-order chi connectivity index (χ1) is 8.00. The predicted octanol–water partition coefficient (Wildman–Crippen LogP) is 3.77. The van der Waals surface area contributed by atoms with Crippen molar-refractivity contribution < 1.29 is 9.47 Å². The standard InChI is InChI=1S/C15H26O2/c1-11(2)13-15(3,4)10-16-14(17-13)12-8-6-5-7-9-12/h5-6,11-14H,7-10H2,1-4H3/t12-,13+,14-/m0/s1. The molecule has 0 saturated carbocycles. The maximum atomic E-state index is 6.25. The first kappa shape index (κ1) is 13.1. The Balaban J connectivity index is 2.01. The number of ether oxygens (including phenoxy) is 2. The third kappa shape index (κ3) is 2.92. The van der Waals surface area contributed by atoms with Gasteiger partial charge in [-0.15, -0.1) is 0 Å². The minimum atomic E-state index is 0.0142. The largest absolute Gasteiger partial charge is 0.352 e. The molecule has 0 amide bonds. The fourth-order valence-electron chi connectivity index (χ4n) is 3.12. The number of hydrogen-bond donors (Lipinski definition) is 0.